The standard InChI is InChI=1S/C24H34N4O4/c1-17-6-10-24(11-7-17)22(31)28(23(32)26-24)16-21(30)25-14-18-2-4-19(5-3-18)15-27-12-8-20(29)9-13-27/h2-5,17,20,29H,6-16H2,1H3,(H,25,30)(H,26,32). The number of hydrogen-bond acceptors (Lipinski definition) is 5. The van der Waals surface area contributed by atoms with Gasteiger partial charge in [-0.2, -0.15) is 0 Å². The van der Waals surface area contributed by atoms with Gasteiger partial charge >= 0.3 is 6.03 Å². The molecule has 8 nitrogen and oxygen atoms in total. The fraction of sp³-hybridized carbons (Fsp3) is 0.625. The van der Waals surface area contributed by atoms with Crippen LogP contribution in [0.4, 0.5) is 4.79 Å². The van der Waals surface area contributed by atoms with E-state index >= 15 is 0 Å². The number of amides is 4. The van der Waals surface area contributed by atoms with Gasteiger partial charge in [-0.15, -0.1) is 0 Å². The van der Waals surface area contributed by atoms with E-state index in [9.17, 15) is 19.5 Å². The molecule has 1 aromatic rings. The van der Waals surface area contributed by atoms with Crippen LogP contribution in [-0.4, -0.2) is 64.0 Å². The van der Waals surface area contributed by atoms with E-state index in [-0.39, 0.29) is 24.5 Å². The van der Waals surface area contributed by atoms with Crippen LogP contribution in [0.15, 0.2) is 24.3 Å². The Bertz CT molecular complexity index is 840. The van der Waals surface area contributed by atoms with Crippen LogP contribution in [0.1, 0.15) is 56.6 Å². The molecule has 1 aromatic carbocycles. The summed E-state index contributed by atoms with van der Waals surface area (Å²) in [5.74, 6) is -0.0494. The zero-order valence-electron chi connectivity index (χ0n) is 18.8. The Hall–Kier alpha value is -2.45. The molecule has 4 amide bonds. The van der Waals surface area contributed by atoms with E-state index in [2.05, 4.69) is 34.6 Å². The number of imide groups is 1. The Labute approximate surface area is 189 Å². The summed E-state index contributed by atoms with van der Waals surface area (Å²) in [7, 11) is 0. The average Bonchev–Trinajstić information content (AvgIpc) is 3.01. The van der Waals surface area contributed by atoms with E-state index in [0.717, 1.165) is 55.8 Å². The van der Waals surface area contributed by atoms with Gasteiger partial charge in [-0.1, -0.05) is 31.2 Å². The molecule has 1 saturated carbocycles. The van der Waals surface area contributed by atoms with E-state index in [4.69, 9.17) is 0 Å². The topological polar surface area (TPSA) is 102 Å². The largest absolute Gasteiger partial charge is 0.393 e. The average molecular weight is 443 g/mol. The second-order valence-electron chi connectivity index (χ2n) is 9.69. The van der Waals surface area contributed by atoms with Crippen molar-refractivity contribution in [3.8, 4) is 0 Å². The molecule has 2 aliphatic heterocycles. The number of benzene rings is 1. The number of carbonyl (C=O) groups is 3. The summed E-state index contributed by atoms with van der Waals surface area (Å²) in [6.07, 6.45) is 4.56. The Kier molecular flexibility index (Phi) is 6.81. The van der Waals surface area contributed by atoms with Gasteiger partial charge in [0.2, 0.25) is 5.91 Å². The molecule has 2 heterocycles. The van der Waals surface area contributed by atoms with Gasteiger partial charge < -0.3 is 15.7 Å². The van der Waals surface area contributed by atoms with Gasteiger partial charge in [-0.3, -0.25) is 19.4 Å². The van der Waals surface area contributed by atoms with E-state index in [0.29, 0.717) is 25.3 Å². The van der Waals surface area contributed by atoms with Gasteiger partial charge in [0.1, 0.15) is 12.1 Å². The van der Waals surface area contributed by atoms with E-state index in [1.54, 1.807) is 0 Å². The quantitative estimate of drug-likeness (QED) is 0.583. The van der Waals surface area contributed by atoms with Crippen LogP contribution in [0.2, 0.25) is 0 Å². The highest BCUT2D eigenvalue weighted by Gasteiger charge is 2.52. The number of hydrogen-bond donors (Lipinski definition) is 3. The molecule has 2 saturated heterocycles. The highest BCUT2D eigenvalue weighted by Crippen LogP contribution is 2.36. The Balaban J connectivity index is 1.24. The summed E-state index contributed by atoms with van der Waals surface area (Å²) >= 11 is 0. The second kappa shape index (κ2) is 9.58. The third-order valence-electron chi connectivity index (χ3n) is 7.15. The molecule has 0 bridgehead atoms. The summed E-state index contributed by atoms with van der Waals surface area (Å²) in [6, 6.07) is 7.62. The molecule has 0 radical (unpaired) electrons. The van der Waals surface area contributed by atoms with E-state index < -0.39 is 11.6 Å². The van der Waals surface area contributed by atoms with Crippen LogP contribution < -0.4 is 10.6 Å². The first-order chi connectivity index (χ1) is 15.3. The Morgan fingerprint density at radius 2 is 1.72 bits per heavy atom. The van der Waals surface area contributed by atoms with Crippen LogP contribution in [0.25, 0.3) is 0 Å². The number of urea groups is 1. The number of nitrogens with one attached hydrogen (secondary N) is 2. The minimum absolute atomic E-state index is 0.170. The SMILES string of the molecule is CC1CCC2(CC1)NC(=O)N(CC(=O)NCc1ccc(CN3CCC(O)CC3)cc1)C2=O. The van der Waals surface area contributed by atoms with Gasteiger partial charge in [0.25, 0.3) is 5.91 Å². The lowest BCUT2D eigenvalue weighted by molar-refractivity contribution is -0.136. The lowest BCUT2D eigenvalue weighted by Gasteiger charge is -2.33. The smallest absolute Gasteiger partial charge is 0.325 e. The number of aliphatic hydroxyl groups excluding tert-OH is 1. The first kappa shape index (κ1) is 22.7. The molecule has 174 valence electrons. The van der Waals surface area contributed by atoms with Gasteiger partial charge in [-0.05, 0) is 55.6 Å². The van der Waals surface area contributed by atoms with Crippen LogP contribution in [0.3, 0.4) is 0 Å². The fourth-order valence-electron chi connectivity index (χ4n) is 4.91. The molecule has 3 N–H and O–H groups in total. The highest BCUT2D eigenvalue weighted by molar-refractivity contribution is 6.09. The molecule has 1 spiro atoms. The third kappa shape index (κ3) is 5.13. The van der Waals surface area contributed by atoms with Crippen molar-refractivity contribution in [2.24, 2.45) is 5.92 Å². The molecule has 3 aliphatic rings. The number of nitrogens with zero attached hydrogens (tertiary/aromatic N) is 2. The lowest BCUT2D eigenvalue weighted by atomic mass is 9.77. The monoisotopic (exact) mass is 442 g/mol. The van der Waals surface area contributed by atoms with Crippen molar-refractivity contribution >= 4 is 17.8 Å². The Morgan fingerprint density at radius 3 is 2.38 bits per heavy atom. The molecule has 32 heavy (non-hydrogen) atoms. The predicted molar refractivity (Wildman–Crippen MR) is 119 cm³/mol. The maximum Gasteiger partial charge on any atom is 0.325 e. The maximum atomic E-state index is 12.9. The summed E-state index contributed by atoms with van der Waals surface area (Å²) in [5.41, 5.74) is 1.35. The molecule has 3 fully saturated rings. The highest BCUT2D eigenvalue weighted by atomic mass is 16.3. The molecule has 4 rings (SSSR count). The van der Waals surface area contributed by atoms with Crippen molar-refractivity contribution in [1.82, 2.24) is 20.4 Å². The molecule has 0 aromatic heterocycles. The number of carbonyl (C=O) groups excluding carboxylic acids is 3. The van der Waals surface area contributed by atoms with Crippen molar-refractivity contribution in [3.05, 3.63) is 35.4 Å². The van der Waals surface area contributed by atoms with Crippen molar-refractivity contribution in [1.29, 1.82) is 0 Å². The van der Waals surface area contributed by atoms with Crippen LogP contribution in [0, 0.1) is 5.92 Å². The van der Waals surface area contributed by atoms with Crippen molar-refractivity contribution in [2.75, 3.05) is 19.6 Å². The fourth-order valence-corrected chi connectivity index (χ4v) is 4.91. The molecular weight excluding hydrogens is 408 g/mol. The minimum atomic E-state index is -0.813. The van der Waals surface area contributed by atoms with E-state index in [1.807, 2.05) is 12.1 Å². The third-order valence-corrected chi connectivity index (χ3v) is 7.15. The van der Waals surface area contributed by atoms with Gasteiger partial charge in [-0.25, -0.2) is 4.79 Å². The summed E-state index contributed by atoms with van der Waals surface area (Å²) in [6.45, 7) is 4.92. The number of likely N-dealkylation sites (tertiary alicyclic amines) is 1. The molecule has 0 unspecified atom stereocenters. The zero-order valence-corrected chi connectivity index (χ0v) is 18.8. The molecular formula is C24H34N4O4. The first-order valence-electron chi connectivity index (χ1n) is 11.7. The number of rotatable bonds is 6. The summed E-state index contributed by atoms with van der Waals surface area (Å²) in [4.78, 5) is 41.1. The minimum Gasteiger partial charge on any atom is -0.393 e. The predicted octanol–water partition coefficient (Wildman–Crippen LogP) is 1.76. The summed E-state index contributed by atoms with van der Waals surface area (Å²) in [5, 5.41) is 15.3. The maximum absolute atomic E-state index is 12.9. The first-order valence-corrected chi connectivity index (χ1v) is 11.7. The Morgan fingerprint density at radius 1 is 1.09 bits per heavy atom. The van der Waals surface area contributed by atoms with Gasteiger partial charge in [0.15, 0.2) is 0 Å². The van der Waals surface area contributed by atoms with E-state index in [1.165, 1.54) is 5.56 Å². The normalized spacial score (nSPS) is 27.1. The van der Waals surface area contributed by atoms with Gasteiger partial charge in [0.05, 0.1) is 6.10 Å². The lowest BCUT2D eigenvalue weighted by Crippen LogP contribution is -2.49. The summed E-state index contributed by atoms with van der Waals surface area (Å²) < 4.78 is 0. The zero-order chi connectivity index (χ0) is 22.7. The van der Waals surface area contributed by atoms with Gasteiger partial charge in [0, 0.05) is 26.2 Å². The van der Waals surface area contributed by atoms with Crippen molar-refractivity contribution in [3.63, 3.8) is 0 Å². The van der Waals surface area contributed by atoms with Crippen LogP contribution in [0.5, 0.6) is 0 Å². The van der Waals surface area contributed by atoms with Crippen LogP contribution in [-0.2, 0) is 22.7 Å². The molecule has 1 aliphatic carbocycles. The van der Waals surface area contributed by atoms with Crippen molar-refractivity contribution < 1.29 is 19.5 Å². The number of piperidine rings is 1. The van der Waals surface area contributed by atoms with Crippen LogP contribution >= 0.6 is 0 Å². The molecule has 8 heteroatoms. The number of aliphatic hydroxyl groups is 1. The second-order valence-corrected chi connectivity index (χ2v) is 9.69. The van der Waals surface area contributed by atoms with Crippen molar-refractivity contribution in [2.45, 2.75) is 70.2 Å². The molecule has 0 atom stereocenters.